The van der Waals surface area contributed by atoms with E-state index < -0.39 is 15.6 Å². The largest absolute Gasteiger partial charge is 0.384 e. The summed E-state index contributed by atoms with van der Waals surface area (Å²) in [5, 5.41) is 4.86. The van der Waals surface area contributed by atoms with Crippen molar-refractivity contribution in [2.75, 3.05) is 11.9 Å². The molecule has 1 aromatic carbocycles. The molecule has 0 radical (unpaired) electrons. The van der Waals surface area contributed by atoms with Gasteiger partial charge in [-0.15, -0.1) is 11.3 Å². The molecule has 108 valence electrons. The van der Waals surface area contributed by atoms with Gasteiger partial charge in [-0.2, -0.15) is 8.78 Å². The van der Waals surface area contributed by atoms with E-state index in [1.807, 2.05) is 17.5 Å². The lowest BCUT2D eigenvalue weighted by atomic mass is 10.3. The maximum atomic E-state index is 12.6. The molecule has 20 heavy (non-hydrogen) atoms. The minimum Gasteiger partial charge on any atom is -0.384 e. The zero-order valence-electron chi connectivity index (χ0n) is 10.4. The Kier molecular flexibility index (Phi) is 4.72. The second-order valence-electron chi connectivity index (χ2n) is 4.06. The third-order valence-electron chi connectivity index (χ3n) is 2.70. The summed E-state index contributed by atoms with van der Waals surface area (Å²) in [5.74, 6) is -3.41. The zero-order valence-corrected chi connectivity index (χ0v) is 12.1. The lowest BCUT2D eigenvalue weighted by Crippen LogP contribution is -2.15. The molecule has 2 aromatic rings. The minimum atomic E-state index is -4.58. The number of anilines is 1. The second kappa shape index (κ2) is 6.32. The first kappa shape index (κ1) is 14.9. The minimum absolute atomic E-state index is 0.212. The van der Waals surface area contributed by atoms with Crippen molar-refractivity contribution >= 4 is 26.9 Å². The molecule has 0 fully saturated rings. The van der Waals surface area contributed by atoms with E-state index in [4.69, 9.17) is 0 Å². The van der Waals surface area contributed by atoms with Crippen molar-refractivity contribution < 1.29 is 17.2 Å². The summed E-state index contributed by atoms with van der Waals surface area (Å²) in [5.41, 5.74) is 0.212. The molecular formula is C13H13F2NO2S2. The van der Waals surface area contributed by atoms with Gasteiger partial charge < -0.3 is 5.32 Å². The van der Waals surface area contributed by atoms with Crippen LogP contribution in [0.2, 0.25) is 0 Å². The fourth-order valence-corrected chi connectivity index (χ4v) is 3.35. The van der Waals surface area contributed by atoms with E-state index >= 15 is 0 Å². The first-order chi connectivity index (χ1) is 9.51. The van der Waals surface area contributed by atoms with Crippen LogP contribution in [0.3, 0.4) is 0 Å². The number of hydrogen-bond acceptors (Lipinski definition) is 4. The van der Waals surface area contributed by atoms with Gasteiger partial charge in [-0.05, 0) is 30.0 Å². The van der Waals surface area contributed by atoms with Crippen molar-refractivity contribution in [2.45, 2.75) is 17.1 Å². The molecule has 0 bridgehead atoms. The Balaban J connectivity index is 2.12. The summed E-state index contributed by atoms with van der Waals surface area (Å²) in [6.45, 7) is 0.482. The van der Waals surface area contributed by atoms with E-state index in [1.165, 1.54) is 18.2 Å². The van der Waals surface area contributed by atoms with Gasteiger partial charge in [-0.1, -0.05) is 18.2 Å². The molecule has 2 rings (SSSR count). The number of nitrogens with one attached hydrogen (secondary N) is 1. The fraction of sp³-hybridized carbons (Fsp3) is 0.231. The van der Waals surface area contributed by atoms with Crippen LogP contribution >= 0.6 is 11.3 Å². The topological polar surface area (TPSA) is 46.2 Å². The van der Waals surface area contributed by atoms with E-state index in [9.17, 15) is 17.2 Å². The maximum absolute atomic E-state index is 12.6. The number of benzene rings is 1. The Morgan fingerprint density at radius 1 is 1.15 bits per heavy atom. The van der Waals surface area contributed by atoms with Crippen LogP contribution in [0.1, 0.15) is 4.88 Å². The van der Waals surface area contributed by atoms with Gasteiger partial charge >= 0.3 is 5.76 Å². The summed E-state index contributed by atoms with van der Waals surface area (Å²) in [6.07, 6.45) is 0.709. The Morgan fingerprint density at radius 3 is 2.55 bits per heavy atom. The Labute approximate surface area is 120 Å². The maximum Gasteiger partial charge on any atom is 0.341 e. The average molecular weight is 317 g/mol. The molecule has 0 spiro atoms. The molecule has 0 unspecified atom stereocenters. The summed E-state index contributed by atoms with van der Waals surface area (Å²) in [6, 6.07) is 9.61. The van der Waals surface area contributed by atoms with Gasteiger partial charge in [0.2, 0.25) is 9.84 Å². The van der Waals surface area contributed by atoms with Crippen molar-refractivity contribution in [1.82, 2.24) is 0 Å². The molecule has 1 heterocycles. The SMILES string of the molecule is O=S(=O)(c1ccccc1NCCc1cccs1)C(F)F. The van der Waals surface area contributed by atoms with Crippen LogP contribution in [-0.2, 0) is 16.3 Å². The summed E-state index contributed by atoms with van der Waals surface area (Å²) in [4.78, 5) is 0.785. The number of halogens is 2. The second-order valence-corrected chi connectivity index (χ2v) is 6.98. The highest BCUT2D eigenvalue weighted by Gasteiger charge is 2.28. The van der Waals surface area contributed by atoms with E-state index in [1.54, 1.807) is 17.4 Å². The quantitative estimate of drug-likeness (QED) is 0.888. The van der Waals surface area contributed by atoms with Crippen LogP contribution in [0, 0.1) is 0 Å². The van der Waals surface area contributed by atoms with Gasteiger partial charge in [0.05, 0.1) is 10.6 Å². The number of alkyl halides is 2. The highest BCUT2D eigenvalue weighted by atomic mass is 32.2. The molecule has 0 atom stereocenters. The van der Waals surface area contributed by atoms with Gasteiger partial charge in [-0.3, -0.25) is 0 Å². The molecule has 1 N–H and O–H groups in total. The summed E-state index contributed by atoms with van der Waals surface area (Å²) in [7, 11) is -4.58. The first-order valence-corrected chi connectivity index (χ1v) is 8.32. The standard InChI is InChI=1S/C13H13F2NO2S2/c14-13(15)20(17,18)12-6-2-1-5-11(12)16-8-7-10-4-3-9-19-10/h1-6,9,13,16H,7-8H2. The normalized spacial score (nSPS) is 11.8. The van der Waals surface area contributed by atoms with Crippen LogP contribution in [-0.4, -0.2) is 20.7 Å². The van der Waals surface area contributed by atoms with Crippen LogP contribution in [0.4, 0.5) is 14.5 Å². The molecule has 3 nitrogen and oxygen atoms in total. The zero-order chi connectivity index (χ0) is 14.6. The highest BCUT2D eigenvalue weighted by Crippen LogP contribution is 2.26. The Hall–Kier alpha value is -1.47. The van der Waals surface area contributed by atoms with E-state index in [0.717, 1.165) is 4.88 Å². The van der Waals surface area contributed by atoms with Gasteiger partial charge in [0, 0.05) is 11.4 Å². The molecular weight excluding hydrogens is 304 g/mol. The molecule has 7 heteroatoms. The molecule has 0 aliphatic carbocycles. The van der Waals surface area contributed by atoms with E-state index in [2.05, 4.69) is 5.32 Å². The molecule has 0 saturated heterocycles. The van der Waals surface area contributed by atoms with Crippen molar-refractivity contribution in [3.05, 3.63) is 46.7 Å². The van der Waals surface area contributed by atoms with Gasteiger partial charge in [0.1, 0.15) is 0 Å². The van der Waals surface area contributed by atoms with Crippen molar-refractivity contribution in [3.63, 3.8) is 0 Å². The number of sulfone groups is 1. The average Bonchev–Trinajstić information content (AvgIpc) is 2.92. The van der Waals surface area contributed by atoms with Crippen molar-refractivity contribution in [3.8, 4) is 0 Å². The van der Waals surface area contributed by atoms with E-state index in [-0.39, 0.29) is 10.6 Å². The highest BCUT2D eigenvalue weighted by molar-refractivity contribution is 7.91. The Bertz CT molecular complexity index is 655. The third-order valence-corrected chi connectivity index (χ3v) is 5.07. The van der Waals surface area contributed by atoms with Gasteiger partial charge in [-0.25, -0.2) is 8.42 Å². The monoisotopic (exact) mass is 317 g/mol. The summed E-state index contributed by atoms with van der Waals surface area (Å²) < 4.78 is 48.3. The predicted molar refractivity (Wildman–Crippen MR) is 76.1 cm³/mol. The van der Waals surface area contributed by atoms with Gasteiger partial charge in [0.25, 0.3) is 0 Å². The third kappa shape index (κ3) is 3.34. The molecule has 0 amide bonds. The van der Waals surface area contributed by atoms with Crippen LogP contribution in [0.5, 0.6) is 0 Å². The van der Waals surface area contributed by atoms with Crippen LogP contribution in [0.25, 0.3) is 0 Å². The number of hydrogen-bond donors (Lipinski definition) is 1. The lowest BCUT2D eigenvalue weighted by Gasteiger charge is -2.11. The van der Waals surface area contributed by atoms with E-state index in [0.29, 0.717) is 13.0 Å². The Morgan fingerprint density at radius 2 is 1.90 bits per heavy atom. The number of para-hydroxylation sites is 1. The van der Waals surface area contributed by atoms with Gasteiger partial charge in [0.15, 0.2) is 0 Å². The smallest absolute Gasteiger partial charge is 0.341 e. The summed E-state index contributed by atoms with van der Waals surface area (Å²) >= 11 is 1.59. The first-order valence-electron chi connectivity index (χ1n) is 5.89. The lowest BCUT2D eigenvalue weighted by molar-refractivity contribution is 0.235. The van der Waals surface area contributed by atoms with Crippen LogP contribution < -0.4 is 5.32 Å². The number of rotatable bonds is 6. The van der Waals surface area contributed by atoms with Crippen LogP contribution in [0.15, 0.2) is 46.7 Å². The molecule has 0 aliphatic heterocycles. The van der Waals surface area contributed by atoms with Crippen molar-refractivity contribution in [2.24, 2.45) is 0 Å². The molecule has 0 aliphatic rings. The fourth-order valence-electron chi connectivity index (χ4n) is 1.73. The van der Waals surface area contributed by atoms with Crippen molar-refractivity contribution in [1.29, 1.82) is 0 Å². The molecule has 0 saturated carbocycles. The molecule has 1 aromatic heterocycles. The predicted octanol–water partition coefficient (Wildman–Crippen LogP) is 3.40. The number of thiophene rings is 1.